The van der Waals surface area contributed by atoms with Crippen molar-refractivity contribution in [3.8, 4) is 0 Å². The van der Waals surface area contributed by atoms with Gasteiger partial charge in [-0.15, -0.1) is 0 Å². The van der Waals surface area contributed by atoms with Crippen molar-refractivity contribution in [2.24, 2.45) is 0 Å². The van der Waals surface area contributed by atoms with Crippen LogP contribution in [-0.4, -0.2) is 55.1 Å². The number of nitrogens with zero attached hydrogens (tertiary/aromatic N) is 2. The summed E-state index contributed by atoms with van der Waals surface area (Å²) in [5.74, 6) is -0.383. The molecule has 0 radical (unpaired) electrons. The molecule has 1 heterocycles. The fourth-order valence-corrected chi connectivity index (χ4v) is 2.21. The van der Waals surface area contributed by atoms with Crippen molar-refractivity contribution < 1.29 is 14.3 Å². The predicted octanol–water partition coefficient (Wildman–Crippen LogP) is 1.11. The van der Waals surface area contributed by atoms with Gasteiger partial charge in [-0.1, -0.05) is 0 Å². The van der Waals surface area contributed by atoms with Crippen LogP contribution in [0.15, 0.2) is 16.7 Å². The average molecular weight is 346 g/mol. The summed E-state index contributed by atoms with van der Waals surface area (Å²) in [6, 6.07) is 1.76. The summed E-state index contributed by atoms with van der Waals surface area (Å²) >= 11 is 3.35. The zero-order chi connectivity index (χ0) is 15.1. The second-order valence-corrected chi connectivity index (χ2v) is 5.25. The lowest BCUT2D eigenvalue weighted by Gasteiger charge is -2.17. The van der Waals surface area contributed by atoms with Crippen molar-refractivity contribution in [3.63, 3.8) is 0 Å². The normalized spacial score (nSPS) is 10.4. The number of amides is 2. The van der Waals surface area contributed by atoms with E-state index in [4.69, 9.17) is 4.74 Å². The van der Waals surface area contributed by atoms with Gasteiger partial charge in [0.05, 0.1) is 13.2 Å². The monoisotopic (exact) mass is 345 g/mol. The van der Waals surface area contributed by atoms with Crippen LogP contribution in [-0.2, 0) is 16.1 Å². The Morgan fingerprint density at radius 1 is 1.50 bits per heavy atom. The maximum absolute atomic E-state index is 12.3. The van der Waals surface area contributed by atoms with Gasteiger partial charge in [-0.2, -0.15) is 0 Å². The molecule has 0 saturated carbocycles. The lowest BCUT2D eigenvalue weighted by atomic mass is 10.3. The van der Waals surface area contributed by atoms with E-state index in [2.05, 4.69) is 21.2 Å². The molecule has 1 N–H and O–H groups in total. The maximum Gasteiger partial charge on any atom is 0.270 e. The van der Waals surface area contributed by atoms with E-state index >= 15 is 0 Å². The molecule has 0 aliphatic carbocycles. The molecule has 2 amide bonds. The highest BCUT2D eigenvalue weighted by molar-refractivity contribution is 9.10. The van der Waals surface area contributed by atoms with Gasteiger partial charge in [0, 0.05) is 37.9 Å². The fraction of sp³-hybridized carbons (Fsp3) is 0.538. The zero-order valence-corrected chi connectivity index (χ0v) is 13.6. The van der Waals surface area contributed by atoms with Crippen molar-refractivity contribution in [1.82, 2.24) is 14.8 Å². The standard InChI is InChI=1S/C13H20BrN3O3/c1-4-17-8-10(14)7-11(17)13(19)16(2)9-12(18)15-5-6-20-3/h7-8H,4-6,9H2,1-3H3,(H,15,18). The van der Waals surface area contributed by atoms with Gasteiger partial charge in [0.2, 0.25) is 5.91 Å². The Labute approximate surface area is 127 Å². The summed E-state index contributed by atoms with van der Waals surface area (Å²) in [5, 5.41) is 2.68. The number of carbonyl (C=O) groups excluding carboxylic acids is 2. The SMILES string of the molecule is CCn1cc(Br)cc1C(=O)N(C)CC(=O)NCCOC. The molecule has 112 valence electrons. The molecular weight excluding hydrogens is 326 g/mol. The molecule has 1 aromatic rings. The van der Waals surface area contributed by atoms with Crippen molar-refractivity contribution >= 4 is 27.7 Å². The first-order chi connectivity index (χ1) is 9.49. The van der Waals surface area contributed by atoms with Crippen LogP contribution in [0.1, 0.15) is 17.4 Å². The third-order valence-corrected chi connectivity index (χ3v) is 3.21. The number of likely N-dealkylation sites (N-methyl/N-ethyl adjacent to an activating group) is 1. The number of aryl methyl sites for hydroxylation is 1. The first-order valence-corrected chi connectivity index (χ1v) is 7.15. The molecule has 0 aliphatic heterocycles. The molecule has 0 atom stereocenters. The number of rotatable bonds is 7. The second kappa shape index (κ2) is 8.06. The maximum atomic E-state index is 12.3. The van der Waals surface area contributed by atoms with E-state index in [0.29, 0.717) is 25.4 Å². The number of halogens is 1. The molecule has 20 heavy (non-hydrogen) atoms. The summed E-state index contributed by atoms with van der Waals surface area (Å²) < 4.78 is 7.53. The summed E-state index contributed by atoms with van der Waals surface area (Å²) in [6.07, 6.45) is 1.85. The molecule has 0 unspecified atom stereocenters. The third kappa shape index (κ3) is 4.64. The molecule has 1 rings (SSSR count). The van der Waals surface area contributed by atoms with Crippen LogP contribution in [0.3, 0.4) is 0 Å². The highest BCUT2D eigenvalue weighted by Crippen LogP contribution is 2.16. The molecule has 0 saturated heterocycles. The van der Waals surface area contributed by atoms with Crippen LogP contribution < -0.4 is 5.32 Å². The van der Waals surface area contributed by atoms with E-state index in [-0.39, 0.29) is 18.4 Å². The summed E-state index contributed by atoms with van der Waals surface area (Å²) in [4.78, 5) is 25.3. The zero-order valence-electron chi connectivity index (χ0n) is 12.0. The van der Waals surface area contributed by atoms with Gasteiger partial charge in [-0.05, 0) is 28.9 Å². The van der Waals surface area contributed by atoms with Crippen molar-refractivity contribution in [2.75, 3.05) is 33.9 Å². The van der Waals surface area contributed by atoms with Crippen molar-refractivity contribution in [3.05, 3.63) is 22.4 Å². The first-order valence-electron chi connectivity index (χ1n) is 6.36. The van der Waals surface area contributed by atoms with Crippen LogP contribution in [0.25, 0.3) is 0 Å². The van der Waals surface area contributed by atoms with Gasteiger partial charge in [0.1, 0.15) is 5.69 Å². The van der Waals surface area contributed by atoms with Gasteiger partial charge in [0.25, 0.3) is 5.91 Å². The van der Waals surface area contributed by atoms with Gasteiger partial charge >= 0.3 is 0 Å². The fourth-order valence-electron chi connectivity index (χ4n) is 1.75. The van der Waals surface area contributed by atoms with Crippen LogP contribution in [0.2, 0.25) is 0 Å². The third-order valence-electron chi connectivity index (χ3n) is 2.78. The van der Waals surface area contributed by atoms with Gasteiger partial charge in [-0.25, -0.2) is 0 Å². The lowest BCUT2D eigenvalue weighted by molar-refractivity contribution is -0.121. The van der Waals surface area contributed by atoms with Crippen LogP contribution in [0.5, 0.6) is 0 Å². The van der Waals surface area contributed by atoms with Gasteiger partial charge in [0.15, 0.2) is 0 Å². The Bertz CT molecular complexity index is 473. The molecule has 1 aromatic heterocycles. The van der Waals surface area contributed by atoms with E-state index in [1.807, 2.05) is 17.7 Å². The quantitative estimate of drug-likeness (QED) is 0.753. The molecule has 0 aromatic carbocycles. The van der Waals surface area contributed by atoms with E-state index in [1.54, 1.807) is 20.2 Å². The summed E-state index contributed by atoms with van der Waals surface area (Å²) in [5.41, 5.74) is 0.562. The minimum atomic E-state index is -0.202. The topological polar surface area (TPSA) is 63.6 Å². The van der Waals surface area contributed by atoms with Gasteiger partial charge < -0.3 is 19.5 Å². The number of nitrogens with one attached hydrogen (secondary N) is 1. The summed E-state index contributed by atoms with van der Waals surface area (Å²) in [7, 11) is 3.18. The first kappa shape index (κ1) is 16.7. The molecule has 7 heteroatoms. The molecule has 0 spiro atoms. The Morgan fingerprint density at radius 3 is 2.80 bits per heavy atom. The highest BCUT2D eigenvalue weighted by Gasteiger charge is 2.18. The van der Waals surface area contributed by atoms with Crippen molar-refractivity contribution in [1.29, 1.82) is 0 Å². The van der Waals surface area contributed by atoms with E-state index in [0.717, 1.165) is 4.47 Å². The van der Waals surface area contributed by atoms with E-state index in [9.17, 15) is 9.59 Å². The van der Waals surface area contributed by atoms with Crippen molar-refractivity contribution in [2.45, 2.75) is 13.5 Å². The van der Waals surface area contributed by atoms with E-state index in [1.165, 1.54) is 4.90 Å². The molecule has 0 aliphatic rings. The lowest BCUT2D eigenvalue weighted by Crippen LogP contribution is -2.39. The minimum Gasteiger partial charge on any atom is -0.383 e. The highest BCUT2D eigenvalue weighted by atomic mass is 79.9. The van der Waals surface area contributed by atoms with Crippen LogP contribution in [0.4, 0.5) is 0 Å². The molecule has 6 nitrogen and oxygen atoms in total. The smallest absolute Gasteiger partial charge is 0.270 e. The minimum absolute atomic E-state index is 0.0229. The second-order valence-electron chi connectivity index (χ2n) is 4.33. The van der Waals surface area contributed by atoms with Gasteiger partial charge in [-0.3, -0.25) is 9.59 Å². The number of aromatic nitrogens is 1. The molecular formula is C13H20BrN3O3. The van der Waals surface area contributed by atoms with Crippen LogP contribution in [0, 0.1) is 0 Å². The number of hydrogen-bond donors (Lipinski definition) is 1. The predicted molar refractivity (Wildman–Crippen MR) is 79.7 cm³/mol. The van der Waals surface area contributed by atoms with Crippen LogP contribution >= 0.6 is 15.9 Å². The number of carbonyl (C=O) groups is 2. The number of hydrogen-bond acceptors (Lipinski definition) is 3. The van der Waals surface area contributed by atoms with E-state index < -0.39 is 0 Å². The Balaban J connectivity index is 2.60. The Morgan fingerprint density at radius 2 is 2.20 bits per heavy atom. The average Bonchev–Trinajstić information content (AvgIpc) is 2.79. The molecule has 0 bridgehead atoms. The number of ether oxygens (including phenoxy) is 1. The Kier molecular flexibility index (Phi) is 6.74. The molecule has 0 fully saturated rings. The number of methoxy groups -OCH3 is 1. The largest absolute Gasteiger partial charge is 0.383 e. The summed E-state index contributed by atoms with van der Waals surface area (Å²) in [6.45, 7) is 3.57. The Hall–Kier alpha value is -1.34.